The minimum Gasteiger partial charge on any atom is -0.455 e. The number of anilines is 2. The van der Waals surface area contributed by atoms with Crippen molar-refractivity contribution in [2.24, 2.45) is 0 Å². The van der Waals surface area contributed by atoms with Crippen LogP contribution in [0.1, 0.15) is 37.0 Å². The molecular formula is C56H41NO. The molecule has 0 saturated carbocycles. The Morgan fingerprint density at radius 3 is 1.98 bits per heavy atom. The Labute approximate surface area is 339 Å². The SMILES string of the molecule is CC1(C)c2ccccc2-c2ccc(N(C3=CCC=C(c4cc5c6cc(-c7cccc(-c8ccccc8)c7)ccc6oc5c5ccccc45)C=C3)c3ccccc3)cc21. The number of hydrogen-bond donors (Lipinski definition) is 0. The molecule has 0 radical (unpaired) electrons. The Balaban J connectivity index is 0.997. The van der Waals surface area contributed by atoms with E-state index in [9.17, 15) is 0 Å². The van der Waals surface area contributed by atoms with Crippen molar-refractivity contribution in [2.75, 3.05) is 4.90 Å². The topological polar surface area (TPSA) is 16.4 Å². The lowest BCUT2D eigenvalue weighted by Gasteiger charge is -2.28. The normalized spacial score (nSPS) is 14.2. The maximum Gasteiger partial charge on any atom is 0.143 e. The van der Waals surface area contributed by atoms with Crippen LogP contribution in [0.4, 0.5) is 11.4 Å². The molecule has 2 aliphatic rings. The van der Waals surface area contributed by atoms with Gasteiger partial charge in [0.25, 0.3) is 0 Å². The van der Waals surface area contributed by atoms with E-state index >= 15 is 0 Å². The Morgan fingerprint density at radius 2 is 1.14 bits per heavy atom. The van der Waals surface area contributed by atoms with Gasteiger partial charge >= 0.3 is 0 Å². The molecule has 2 nitrogen and oxygen atoms in total. The number of rotatable bonds is 6. The Morgan fingerprint density at radius 1 is 0.448 bits per heavy atom. The molecule has 0 unspecified atom stereocenters. The van der Waals surface area contributed by atoms with Crippen molar-refractivity contribution in [1.82, 2.24) is 0 Å². The predicted molar refractivity (Wildman–Crippen MR) is 245 cm³/mol. The fourth-order valence-electron chi connectivity index (χ4n) is 9.36. The third-order valence-electron chi connectivity index (χ3n) is 12.3. The van der Waals surface area contributed by atoms with Crippen LogP contribution in [-0.4, -0.2) is 0 Å². The molecule has 0 bridgehead atoms. The predicted octanol–water partition coefficient (Wildman–Crippen LogP) is 15.4. The van der Waals surface area contributed by atoms with Crippen LogP contribution in [-0.2, 0) is 5.41 Å². The van der Waals surface area contributed by atoms with Crippen LogP contribution >= 0.6 is 0 Å². The van der Waals surface area contributed by atoms with E-state index in [1.54, 1.807) is 0 Å². The minimum atomic E-state index is -0.0867. The summed E-state index contributed by atoms with van der Waals surface area (Å²) in [6.45, 7) is 4.70. The van der Waals surface area contributed by atoms with E-state index in [2.05, 4.69) is 219 Å². The zero-order valence-electron chi connectivity index (χ0n) is 32.6. The van der Waals surface area contributed by atoms with Crippen molar-refractivity contribution in [3.05, 3.63) is 223 Å². The van der Waals surface area contributed by atoms with Crippen molar-refractivity contribution >= 4 is 49.7 Å². The first-order valence-electron chi connectivity index (χ1n) is 20.2. The van der Waals surface area contributed by atoms with Crippen LogP contribution in [0.25, 0.3) is 71.7 Å². The molecule has 11 rings (SSSR count). The van der Waals surface area contributed by atoms with Crippen LogP contribution in [0.2, 0.25) is 0 Å². The van der Waals surface area contributed by atoms with Gasteiger partial charge in [0.1, 0.15) is 11.2 Å². The molecule has 1 heterocycles. The van der Waals surface area contributed by atoms with Crippen LogP contribution in [0.3, 0.4) is 0 Å². The van der Waals surface area contributed by atoms with Crippen LogP contribution in [0.5, 0.6) is 0 Å². The number of para-hydroxylation sites is 1. The summed E-state index contributed by atoms with van der Waals surface area (Å²) in [6.07, 6.45) is 10.1. The molecule has 0 fully saturated rings. The van der Waals surface area contributed by atoms with E-state index in [0.29, 0.717) is 0 Å². The zero-order valence-corrected chi connectivity index (χ0v) is 32.6. The molecule has 2 aliphatic carbocycles. The number of nitrogens with zero attached hydrogens (tertiary/aromatic N) is 1. The summed E-state index contributed by atoms with van der Waals surface area (Å²) < 4.78 is 6.68. The quantitative estimate of drug-likeness (QED) is 0.169. The third-order valence-corrected chi connectivity index (χ3v) is 12.3. The molecule has 8 aromatic carbocycles. The standard InChI is InChI=1S/C56H41NO/c1-56(2)52-26-12-11-24-46(52)47-31-30-44(35-53(47)56)57(42-20-7-4-8-21-42)43-22-14-17-38(27-29-43)49-36-51-50-34-41(40-19-13-18-39(33-40)37-15-5-3-6-16-37)28-32-54(50)58-55(51)48-25-10-9-23-45(48)49/h3-13,15-36H,14H2,1-2H3. The highest BCUT2D eigenvalue weighted by Crippen LogP contribution is 2.50. The first kappa shape index (κ1) is 34.1. The van der Waals surface area contributed by atoms with E-state index < -0.39 is 0 Å². The lowest BCUT2D eigenvalue weighted by atomic mass is 9.82. The molecule has 276 valence electrons. The molecule has 1 aromatic heterocycles. The van der Waals surface area contributed by atoms with E-state index in [0.717, 1.165) is 50.8 Å². The summed E-state index contributed by atoms with van der Waals surface area (Å²) in [5, 5.41) is 4.56. The lowest BCUT2D eigenvalue weighted by molar-refractivity contribution is 0.660. The fourth-order valence-corrected chi connectivity index (χ4v) is 9.36. The Bertz CT molecular complexity index is 3160. The van der Waals surface area contributed by atoms with Crippen molar-refractivity contribution in [3.63, 3.8) is 0 Å². The zero-order chi connectivity index (χ0) is 38.8. The smallest absolute Gasteiger partial charge is 0.143 e. The summed E-state index contributed by atoms with van der Waals surface area (Å²) >= 11 is 0. The summed E-state index contributed by atoms with van der Waals surface area (Å²) in [5.74, 6) is 0. The molecule has 0 aliphatic heterocycles. The average molecular weight is 744 g/mol. The number of hydrogen-bond acceptors (Lipinski definition) is 2. The lowest BCUT2D eigenvalue weighted by Crippen LogP contribution is -2.18. The number of benzene rings is 8. The van der Waals surface area contributed by atoms with Crippen LogP contribution in [0.15, 0.2) is 210 Å². The summed E-state index contributed by atoms with van der Waals surface area (Å²) in [7, 11) is 0. The van der Waals surface area contributed by atoms with Crippen molar-refractivity contribution < 1.29 is 4.42 Å². The Kier molecular flexibility index (Phi) is 7.94. The largest absolute Gasteiger partial charge is 0.455 e. The van der Waals surface area contributed by atoms with Crippen molar-refractivity contribution in [1.29, 1.82) is 0 Å². The van der Waals surface area contributed by atoms with E-state index in [1.807, 2.05) is 0 Å². The maximum absolute atomic E-state index is 6.68. The van der Waals surface area contributed by atoms with Gasteiger partial charge in [0.2, 0.25) is 0 Å². The van der Waals surface area contributed by atoms with Crippen LogP contribution < -0.4 is 4.90 Å². The second-order valence-corrected chi connectivity index (χ2v) is 16.0. The monoisotopic (exact) mass is 743 g/mol. The van der Waals surface area contributed by atoms with E-state index in [1.165, 1.54) is 61.0 Å². The molecular weight excluding hydrogens is 703 g/mol. The van der Waals surface area contributed by atoms with Gasteiger partial charge < -0.3 is 9.32 Å². The highest BCUT2D eigenvalue weighted by atomic mass is 16.3. The number of allylic oxidation sites excluding steroid dienone is 5. The summed E-state index contributed by atoms with van der Waals surface area (Å²) in [4.78, 5) is 2.41. The van der Waals surface area contributed by atoms with Gasteiger partial charge in [-0.3, -0.25) is 0 Å². The van der Waals surface area contributed by atoms with Gasteiger partial charge in [0.15, 0.2) is 0 Å². The van der Waals surface area contributed by atoms with Gasteiger partial charge in [-0.1, -0.05) is 159 Å². The first-order valence-corrected chi connectivity index (χ1v) is 20.2. The number of furan rings is 1. The van der Waals surface area contributed by atoms with Gasteiger partial charge in [0.05, 0.1) is 0 Å². The van der Waals surface area contributed by atoms with Crippen molar-refractivity contribution in [2.45, 2.75) is 25.7 Å². The highest BCUT2D eigenvalue weighted by Gasteiger charge is 2.35. The first-order chi connectivity index (χ1) is 28.5. The van der Waals surface area contributed by atoms with Crippen LogP contribution in [0, 0.1) is 0 Å². The van der Waals surface area contributed by atoms with Gasteiger partial charge in [0, 0.05) is 38.6 Å². The molecule has 2 heteroatoms. The van der Waals surface area contributed by atoms with Gasteiger partial charge in [-0.2, -0.15) is 0 Å². The molecule has 0 atom stereocenters. The summed E-state index contributed by atoms with van der Waals surface area (Å²) in [6, 6.07) is 63.7. The summed E-state index contributed by atoms with van der Waals surface area (Å²) in [5.41, 5.74) is 17.8. The molecule has 0 saturated heterocycles. The van der Waals surface area contributed by atoms with Crippen molar-refractivity contribution in [3.8, 4) is 33.4 Å². The highest BCUT2D eigenvalue weighted by molar-refractivity contribution is 6.18. The van der Waals surface area contributed by atoms with E-state index in [4.69, 9.17) is 4.42 Å². The fraction of sp³-hybridized carbons (Fsp3) is 0.0714. The Hall–Kier alpha value is -7.16. The second-order valence-electron chi connectivity index (χ2n) is 16.0. The molecule has 58 heavy (non-hydrogen) atoms. The molecule has 0 spiro atoms. The molecule has 0 amide bonds. The van der Waals surface area contributed by atoms with Gasteiger partial charge in [-0.25, -0.2) is 0 Å². The molecule has 0 N–H and O–H groups in total. The van der Waals surface area contributed by atoms with E-state index in [-0.39, 0.29) is 5.41 Å². The third kappa shape index (κ3) is 5.56. The molecule has 9 aromatic rings. The van der Waals surface area contributed by atoms with Gasteiger partial charge in [-0.05, 0) is 122 Å². The number of fused-ring (bicyclic) bond motifs is 8. The maximum atomic E-state index is 6.68. The average Bonchev–Trinajstić information content (AvgIpc) is 3.63. The second kappa shape index (κ2) is 13.5. The van der Waals surface area contributed by atoms with Gasteiger partial charge in [-0.15, -0.1) is 0 Å². The minimum absolute atomic E-state index is 0.0867.